The fraction of sp³-hybridized carbons (Fsp3) is 0.231. The molecule has 0 amide bonds. The second kappa shape index (κ2) is 8.26. The second-order valence-corrected chi connectivity index (χ2v) is 8.04. The van der Waals surface area contributed by atoms with Crippen molar-refractivity contribution >= 4 is 11.8 Å². The molecule has 5 nitrogen and oxygen atoms in total. The number of rotatable bonds is 7. The van der Waals surface area contributed by atoms with Gasteiger partial charge in [-0.05, 0) is 60.7 Å². The van der Waals surface area contributed by atoms with Crippen molar-refractivity contribution in [1.29, 1.82) is 0 Å². The molecular weight excluding hydrogens is 392 g/mol. The van der Waals surface area contributed by atoms with E-state index in [-0.39, 0.29) is 12.2 Å². The Balaban J connectivity index is 1.61. The summed E-state index contributed by atoms with van der Waals surface area (Å²) < 4.78 is 11.4. The zero-order valence-electron chi connectivity index (χ0n) is 17.6. The normalized spacial score (nSPS) is 14.0. The van der Waals surface area contributed by atoms with E-state index in [2.05, 4.69) is 0 Å². The van der Waals surface area contributed by atoms with Crippen LogP contribution in [-0.2, 0) is 17.6 Å². The topological polar surface area (TPSA) is 72.8 Å². The number of benzene rings is 3. The molecule has 0 saturated carbocycles. The molecule has 31 heavy (non-hydrogen) atoms. The van der Waals surface area contributed by atoms with Crippen molar-refractivity contribution in [3.8, 4) is 17.2 Å². The molecule has 1 N–H and O–H groups in total. The first kappa shape index (κ1) is 20.7. The summed E-state index contributed by atoms with van der Waals surface area (Å²) in [5.74, 6) is 0.413. The Morgan fingerprint density at radius 2 is 1.55 bits per heavy atom. The Morgan fingerprint density at radius 3 is 2.16 bits per heavy atom. The molecule has 0 bridgehead atoms. The number of Topliss-reactive ketones (excluding diaryl/α,β-unsaturated/α-hetero) is 1. The van der Waals surface area contributed by atoms with Crippen molar-refractivity contribution in [3.63, 3.8) is 0 Å². The van der Waals surface area contributed by atoms with Crippen LogP contribution in [0.1, 0.15) is 33.5 Å². The van der Waals surface area contributed by atoms with E-state index < -0.39 is 11.4 Å². The highest BCUT2D eigenvalue weighted by molar-refractivity contribution is 5.99. The summed E-state index contributed by atoms with van der Waals surface area (Å²) in [7, 11) is 1.54. The van der Waals surface area contributed by atoms with Gasteiger partial charge < -0.3 is 14.6 Å². The number of ketones is 1. The largest absolute Gasteiger partial charge is 0.493 e. The molecule has 4 rings (SSSR count). The number of fused-ring (bicyclic) bond motifs is 1. The van der Waals surface area contributed by atoms with Gasteiger partial charge in [0, 0.05) is 12.0 Å². The lowest BCUT2D eigenvalue weighted by Gasteiger charge is -2.23. The minimum atomic E-state index is -1.13. The smallest absolute Gasteiger partial charge is 0.310 e. The number of aliphatic carboxylic acids is 1. The molecule has 5 heteroatoms. The summed E-state index contributed by atoms with van der Waals surface area (Å²) in [6.07, 6.45) is 0.632. The van der Waals surface area contributed by atoms with Crippen LogP contribution >= 0.6 is 0 Å². The number of methoxy groups -OCH3 is 1. The molecule has 0 unspecified atom stereocenters. The van der Waals surface area contributed by atoms with Crippen LogP contribution in [0.2, 0.25) is 0 Å². The summed E-state index contributed by atoms with van der Waals surface area (Å²) in [5.41, 5.74) is 2.22. The zero-order chi connectivity index (χ0) is 22.0. The average Bonchev–Trinajstić information content (AvgIpc) is 3.15. The van der Waals surface area contributed by atoms with E-state index in [1.54, 1.807) is 18.2 Å². The Morgan fingerprint density at radius 1 is 0.903 bits per heavy atom. The Bertz CT molecular complexity index is 1120. The Labute approximate surface area is 181 Å². The summed E-state index contributed by atoms with van der Waals surface area (Å²) in [4.78, 5) is 25.4. The van der Waals surface area contributed by atoms with Crippen molar-refractivity contribution in [2.24, 2.45) is 5.41 Å². The summed E-state index contributed by atoms with van der Waals surface area (Å²) in [5, 5.41) is 10.00. The van der Waals surface area contributed by atoms with Crippen LogP contribution in [0, 0.1) is 12.3 Å². The molecule has 0 heterocycles. The van der Waals surface area contributed by atoms with Crippen molar-refractivity contribution in [2.75, 3.05) is 7.11 Å². The lowest BCUT2D eigenvalue weighted by atomic mass is 9.79. The molecule has 0 aromatic heterocycles. The molecule has 158 valence electrons. The van der Waals surface area contributed by atoms with E-state index in [1.165, 1.54) is 7.11 Å². The zero-order valence-corrected chi connectivity index (χ0v) is 17.6. The predicted octanol–water partition coefficient (Wildman–Crippen LogP) is 5.24. The van der Waals surface area contributed by atoms with Crippen LogP contribution in [0.25, 0.3) is 0 Å². The summed E-state index contributed by atoms with van der Waals surface area (Å²) >= 11 is 0. The summed E-state index contributed by atoms with van der Waals surface area (Å²) in [6.45, 7) is 1.94. The molecule has 1 aliphatic rings. The number of aryl methyl sites for hydroxylation is 1. The van der Waals surface area contributed by atoms with Gasteiger partial charge >= 0.3 is 5.97 Å². The van der Waals surface area contributed by atoms with E-state index >= 15 is 0 Å². The third-order valence-corrected chi connectivity index (χ3v) is 5.93. The maximum absolute atomic E-state index is 13.2. The van der Waals surface area contributed by atoms with E-state index in [0.29, 0.717) is 35.7 Å². The fourth-order valence-electron chi connectivity index (χ4n) is 4.17. The van der Waals surface area contributed by atoms with Gasteiger partial charge in [0.05, 0.1) is 12.5 Å². The van der Waals surface area contributed by atoms with Gasteiger partial charge in [0.2, 0.25) is 0 Å². The number of hydrogen-bond donors (Lipinski definition) is 1. The van der Waals surface area contributed by atoms with Gasteiger partial charge in [0.1, 0.15) is 5.75 Å². The van der Waals surface area contributed by atoms with Crippen molar-refractivity contribution in [1.82, 2.24) is 0 Å². The first-order chi connectivity index (χ1) is 14.9. The highest BCUT2D eigenvalue weighted by Crippen LogP contribution is 2.41. The van der Waals surface area contributed by atoms with Crippen LogP contribution in [0.15, 0.2) is 66.7 Å². The average molecular weight is 416 g/mol. The summed E-state index contributed by atoms with van der Waals surface area (Å²) in [6, 6.07) is 20.2. The molecule has 1 aliphatic carbocycles. The molecule has 0 fully saturated rings. The minimum Gasteiger partial charge on any atom is -0.493 e. The molecule has 0 spiro atoms. The monoisotopic (exact) mass is 416 g/mol. The van der Waals surface area contributed by atoms with Crippen molar-refractivity contribution < 1.29 is 24.2 Å². The molecule has 0 saturated heterocycles. The number of carbonyl (C=O) groups is 2. The van der Waals surface area contributed by atoms with Gasteiger partial charge in [-0.2, -0.15) is 0 Å². The lowest BCUT2D eigenvalue weighted by Crippen LogP contribution is -2.34. The van der Waals surface area contributed by atoms with Crippen molar-refractivity contribution in [2.45, 2.75) is 26.2 Å². The standard InChI is InChI=1S/C26H24O5/c1-17-7-3-6-10-22(17)31-24-13-18(11-12-23(24)30-2)21(27)16-26(25(28)29)14-19-8-4-5-9-20(19)15-26/h3-13H,14-16H2,1-2H3,(H,28,29). The Hall–Kier alpha value is -3.60. The molecule has 3 aromatic carbocycles. The van der Waals surface area contributed by atoms with Gasteiger partial charge in [-0.3, -0.25) is 9.59 Å². The van der Waals surface area contributed by atoms with Gasteiger partial charge in [-0.25, -0.2) is 0 Å². The minimum absolute atomic E-state index is 0.0762. The van der Waals surface area contributed by atoms with E-state index in [9.17, 15) is 14.7 Å². The van der Waals surface area contributed by atoms with Crippen LogP contribution < -0.4 is 9.47 Å². The van der Waals surface area contributed by atoms with Gasteiger partial charge in [0.25, 0.3) is 0 Å². The number of hydrogen-bond acceptors (Lipinski definition) is 4. The first-order valence-corrected chi connectivity index (χ1v) is 10.2. The highest BCUT2D eigenvalue weighted by Gasteiger charge is 2.45. The van der Waals surface area contributed by atoms with Crippen LogP contribution in [0.5, 0.6) is 17.2 Å². The maximum atomic E-state index is 13.2. The molecular formula is C26H24O5. The SMILES string of the molecule is COc1ccc(C(=O)CC2(C(=O)O)Cc3ccccc3C2)cc1Oc1ccccc1C. The molecule has 0 aliphatic heterocycles. The predicted molar refractivity (Wildman–Crippen MR) is 117 cm³/mol. The second-order valence-electron chi connectivity index (χ2n) is 8.04. The molecule has 0 radical (unpaired) electrons. The van der Waals surface area contributed by atoms with E-state index in [1.807, 2.05) is 55.5 Å². The number of carbonyl (C=O) groups excluding carboxylic acids is 1. The first-order valence-electron chi connectivity index (χ1n) is 10.2. The van der Waals surface area contributed by atoms with Crippen LogP contribution in [0.4, 0.5) is 0 Å². The molecule has 3 aromatic rings. The van der Waals surface area contributed by atoms with E-state index in [4.69, 9.17) is 9.47 Å². The van der Waals surface area contributed by atoms with Gasteiger partial charge in [-0.1, -0.05) is 42.5 Å². The number of carboxylic acids is 1. The lowest BCUT2D eigenvalue weighted by molar-refractivity contribution is -0.148. The number of para-hydroxylation sites is 1. The third-order valence-electron chi connectivity index (χ3n) is 5.93. The number of carboxylic acid groups (broad SMARTS) is 1. The number of ether oxygens (including phenoxy) is 2. The van der Waals surface area contributed by atoms with Crippen molar-refractivity contribution in [3.05, 3.63) is 89.0 Å². The quantitative estimate of drug-likeness (QED) is 0.533. The van der Waals surface area contributed by atoms with Crippen LogP contribution in [-0.4, -0.2) is 24.0 Å². The van der Waals surface area contributed by atoms with Gasteiger partial charge in [-0.15, -0.1) is 0 Å². The molecule has 0 atom stereocenters. The van der Waals surface area contributed by atoms with Crippen LogP contribution in [0.3, 0.4) is 0 Å². The van der Waals surface area contributed by atoms with Gasteiger partial charge in [0.15, 0.2) is 17.3 Å². The fourth-order valence-corrected chi connectivity index (χ4v) is 4.17. The third kappa shape index (κ3) is 4.04. The Kier molecular flexibility index (Phi) is 5.51. The van der Waals surface area contributed by atoms with E-state index in [0.717, 1.165) is 16.7 Å². The highest BCUT2D eigenvalue weighted by atomic mass is 16.5. The maximum Gasteiger partial charge on any atom is 0.310 e.